The van der Waals surface area contributed by atoms with E-state index in [-0.39, 0.29) is 6.10 Å². The largest absolute Gasteiger partial charge is 0.488 e. The molecule has 1 aliphatic heterocycles. The summed E-state index contributed by atoms with van der Waals surface area (Å²) in [7, 11) is 0. The summed E-state index contributed by atoms with van der Waals surface area (Å²) in [6.45, 7) is -0.478. The number of hydrogen-bond donors (Lipinski definition) is 5. The first-order chi connectivity index (χ1) is 15.4. The summed E-state index contributed by atoms with van der Waals surface area (Å²) in [5.74, 6) is 0.709. The molecule has 7 atom stereocenters. The smallest absolute Gasteiger partial charge is 0.124 e. The van der Waals surface area contributed by atoms with Gasteiger partial charge in [-0.25, -0.2) is 0 Å². The minimum atomic E-state index is -1.43. The van der Waals surface area contributed by atoms with Gasteiger partial charge in [0, 0.05) is 5.02 Å². The van der Waals surface area contributed by atoms with Crippen LogP contribution in [-0.2, 0) is 11.2 Å². The first-order valence-electron chi connectivity index (χ1n) is 10.9. The Bertz CT molecular complexity index is 904. The molecule has 1 aliphatic carbocycles. The molecule has 1 heterocycles. The first kappa shape index (κ1) is 23.4. The summed E-state index contributed by atoms with van der Waals surface area (Å²) >= 11 is 6.40. The molecule has 0 radical (unpaired) electrons. The molecule has 1 saturated heterocycles. The van der Waals surface area contributed by atoms with Crippen molar-refractivity contribution in [3.8, 4) is 5.75 Å². The lowest BCUT2D eigenvalue weighted by Crippen LogP contribution is -2.55. The van der Waals surface area contributed by atoms with Gasteiger partial charge in [-0.15, -0.1) is 0 Å². The average molecular weight is 465 g/mol. The van der Waals surface area contributed by atoms with E-state index in [9.17, 15) is 25.5 Å². The molecule has 1 saturated carbocycles. The number of aliphatic hydroxyl groups is 5. The van der Waals surface area contributed by atoms with E-state index >= 15 is 0 Å². The van der Waals surface area contributed by atoms with Crippen molar-refractivity contribution in [2.75, 3.05) is 6.61 Å². The van der Waals surface area contributed by atoms with E-state index in [2.05, 4.69) is 0 Å². The fourth-order valence-corrected chi connectivity index (χ4v) is 4.59. The van der Waals surface area contributed by atoms with Crippen molar-refractivity contribution in [1.29, 1.82) is 0 Å². The van der Waals surface area contributed by atoms with Gasteiger partial charge in [0.05, 0.1) is 12.7 Å². The zero-order valence-electron chi connectivity index (χ0n) is 17.5. The molecule has 174 valence electrons. The highest BCUT2D eigenvalue weighted by Gasteiger charge is 2.44. The van der Waals surface area contributed by atoms with Gasteiger partial charge < -0.3 is 35.0 Å². The zero-order chi connectivity index (χ0) is 22.8. The summed E-state index contributed by atoms with van der Waals surface area (Å²) < 4.78 is 11.5. The van der Waals surface area contributed by atoms with Crippen LogP contribution in [0.25, 0.3) is 0 Å². The average Bonchev–Trinajstić information content (AvgIpc) is 3.19. The Morgan fingerprint density at radius 1 is 0.938 bits per heavy atom. The second-order valence-corrected chi connectivity index (χ2v) is 8.98. The van der Waals surface area contributed by atoms with Crippen molar-refractivity contribution in [3.05, 3.63) is 64.2 Å². The van der Waals surface area contributed by atoms with Crippen LogP contribution in [0.15, 0.2) is 42.5 Å². The third kappa shape index (κ3) is 4.94. The van der Waals surface area contributed by atoms with Crippen LogP contribution in [0.3, 0.4) is 0 Å². The predicted octanol–water partition coefficient (Wildman–Crippen LogP) is 1.74. The predicted molar refractivity (Wildman–Crippen MR) is 118 cm³/mol. The molecule has 0 spiro atoms. The highest BCUT2D eigenvalue weighted by molar-refractivity contribution is 6.31. The van der Waals surface area contributed by atoms with Crippen LogP contribution in [0.5, 0.6) is 5.75 Å². The van der Waals surface area contributed by atoms with E-state index in [1.807, 2.05) is 24.3 Å². The van der Waals surface area contributed by atoms with Crippen molar-refractivity contribution in [1.82, 2.24) is 0 Å². The van der Waals surface area contributed by atoms with Crippen LogP contribution < -0.4 is 4.74 Å². The Labute approximate surface area is 191 Å². The molecule has 0 aromatic heterocycles. The Balaban J connectivity index is 1.48. The zero-order valence-corrected chi connectivity index (χ0v) is 18.3. The summed E-state index contributed by atoms with van der Waals surface area (Å²) in [6.07, 6.45) is -3.52. The van der Waals surface area contributed by atoms with Crippen LogP contribution in [0.4, 0.5) is 0 Å². The van der Waals surface area contributed by atoms with Gasteiger partial charge in [-0.3, -0.25) is 0 Å². The van der Waals surface area contributed by atoms with E-state index < -0.39 is 43.2 Å². The number of halogens is 1. The number of aliphatic hydroxyl groups excluding tert-OH is 5. The summed E-state index contributed by atoms with van der Waals surface area (Å²) in [4.78, 5) is 0. The Morgan fingerprint density at radius 3 is 2.34 bits per heavy atom. The van der Waals surface area contributed by atoms with Gasteiger partial charge in [0.2, 0.25) is 0 Å². The Kier molecular flexibility index (Phi) is 7.37. The minimum absolute atomic E-state index is 0.162. The van der Waals surface area contributed by atoms with Crippen LogP contribution in [0.2, 0.25) is 5.02 Å². The number of hydrogen-bond acceptors (Lipinski definition) is 7. The van der Waals surface area contributed by atoms with Crippen LogP contribution in [-0.4, -0.2) is 68.8 Å². The molecule has 2 aliphatic rings. The van der Waals surface area contributed by atoms with Gasteiger partial charge in [0.25, 0.3) is 0 Å². The van der Waals surface area contributed by atoms with E-state index in [1.165, 1.54) is 0 Å². The molecular weight excluding hydrogens is 436 g/mol. The van der Waals surface area contributed by atoms with Gasteiger partial charge in [-0.2, -0.15) is 0 Å². The van der Waals surface area contributed by atoms with Gasteiger partial charge in [0.1, 0.15) is 42.4 Å². The second-order valence-electron chi connectivity index (χ2n) is 8.58. The standard InChI is InChI=1S/C24H29ClO7/c25-17-9-6-14(24-23(30)22(29)21(28)20(12-26)32-24)11-15(17)10-13-4-7-16(8-5-13)31-19-3-1-2-18(19)27/h4-9,11,18-24,26-30H,1-3,10,12H2/t18-,19+,20+,21+,22-,23+,24-/m0/s1. The molecule has 0 amide bonds. The molecule has 8 heteroatoms. The minimum Gasteiger partial charge on any atom is -0.488 e. The lowest BCUT2D eigenvalue weighted by molar-refractivity contribution is -0.231. The third-order valence-corrected chi connectivity index (χ3v) is 6.68. The van der Waals surface area contributed by atoms with E-state index in [0.29, 0.717) is 22.8 Å². The molecule has 0 unspecified atom stereocenters. The maximum absolute atomic E-state index is 10.4. The van der Waals surface area contributed by atoms with Crippen LogP contribution in [0.1, 0.15) is 42.1 Å². The van der Waals surface area contributed by atoms with Crippen LogP contribution in [0, 0.1) is 0 Å². The molecular formula is C24H29ClO7. The molecule has 4 rings (SSSR count). The summed E-state index contributed by atoms with van der Waals surface area (Å²) in [5, 5.41) is 50.4. The molecule has 7 nitrogen and oxygen atoms in total. The van der Waals surface area contributed by atoms with Crippen molar-refractivity contribution in [2.24, 2.45) is 0 Å². The Morgan fingerprint density at radius 2 is 1.69 bits per heavy atom. The van der Waals surface area contributed by atoms with Gasteiger partial charge in [-0.05, 0) is 60.6 Å². The molecule has 0 bridgehead atoms. The van der Waals surface area contributed by atoms with Gasteiger partial charge in [0.15, 0.2) is 0 Å². The molecule has 2 aromatic rings. The number of benzene rings is 2. The SMILES string of the molecule is OC[C@H]1O[C@@H](c2ccc(Cl)c(Cc3ccc(O[C@@H]4CCC[C@@H]4O)cc3)c2)[C@H](O)[C@@H](O)[C@@H]1O. The molecule has 2 fully saturated rings. The quantitative estimate of drug-likeness (QED) is 0.441. The fraction of sp³-hybridized carbons (Fsp3) is 0.500. The van der Waals surface area contributed by atoms with Gasteiger partial charge in [-0.1, -0.05) is 35.9 Å². The highest BCUT2D eigenvalue weighted by atomic mass is 35.5. The van der Waals surface area contributed by atoms with Crippen molar-refractivity contribution >= 4 is 11.6 Å². The maximum atomic E-state index is 10.4. The summed E-state index contributed by atoms with van der Waals surface area (Å²) in [5.41, 5.74) is 2.40. The van der Waals surface area contributed by atoms with E-state index in [1.54, 1.807) is 18.2 Å². The van der Waals surface area contributed by atoms with Gasteiger partial charge >= 0.3 is 0 Å². The fourth-order valence-electron chi connectivity index (χ4n) is 4.41. The molecule has 32 heavy (non-hydrogen) atoms. The highest BCUT2D eigenvalue weighted by Crippen LogP contribution is 2.34. The normalized spacial score (nSPS) is 32.8. The van der Waals surface area contributed by atoms with E-state index in [4.69, 9.17) is 21.1 Å². The van der Waals surface area contributed by atoms with Crippen molar-refractivity contribution < 1.29 is 35.0 Å². The number of ether oxygens (including phenoxy) is 2. The molecule has 2 aromatic carbocycles. The Hall–Kier alpha value is -1.71. The third-order valence-electron chi connectivity index (χ3n) is 6.31. The topological polar surface area (TPSA) is 120 Å². The number of rotatable bonds is 6. The van der Waals surface area contributed by atoms with Crippen molar-refractivity contribution in [3.63, 3.8) is 0 Å². The first-order valence-corrected chi connectivity index (χ1v) is 11.3. The lowest BCUT2D eigenvalue weighted by Gasteiger charge is -2.40. The maximum Gasteiger partial charge on any atom is 0.124 e. The monoisotopic (exact) mass is 464 g/mol. The summed E-state index contributed by atoms with van der Waals surface area (Å²) in [6, 6.07) is 12.8. The van der Waals surface area contributed by atoms with Crippen molar-refractivity contribution in [2.45, 2.75) is 68.4 Å². The lowest BCUT2D eigenvalue weighted by atomic mass is 9.90. The second kappa shape index (κ2) is 10.1. The molecule has 5 N–H and O–H groups in total. The van der Waals surface area contributed by atoms with E-state index in [0.717, 1.165) is 30.4 Å². The van der Waals surface area contributed by atoms with Crippen LogP contribution >= 0.6 is 11.6 Å².